The lowest BCUT2D eigenvalue weighted by Crippen LogP contribution is -2.04. The molecule has 0 radical (unpaired) electrons. The van der Waals surface area contributed by atoms with E-state index in [0.717, 1.165) is 0 Å². The van der Waals surface area contributed by atoms with Gasteiger partial charge in [-0.05, 0) is 18.6 Å². The molecule has 0 spiro atoms. The van der Waals surface area contributed by atoms with Crippen LogP contribution in [0.3, 0.4) is 0 Å². The second kappa shape index (κ2) is 4.13. The van der Waals surface area contributed by atoms with Gasteiger partial charge in [-0.25, -0.2) is 8.42 Å². The Kier molecular flexibility index (Phi) is 2.58. The van der Waals surface area contributed by atoms with Crippen LogP contribution in [0.4, 0.5) is 0 Å². The first-order valence-corrected chi connectivity index (χ1v) is 7.28. The maximum atomic E-state index is 11.4. The van der Waals surface area contributed by atoms with Gasteiger partial charge in [0.25, 0.3) is 0 Å². The molecule has 94 valence electrons. The average molecular weight is 266 g/mol. The van der Waals surface area contributed by atoms with Gasteiger partial charge < -0.3 is 4.52 Å². The number of hydrogen-bond acceptors (Lipinski definition) is 7. The fourth-order valence-corrected chi connectivity index (χ4v) is 3.65. The number of nitrogens with zero attached hydrogens (tertiary/aromatic N) is 4. The first kappa shape index (κ1) is 11.3. The van der Waals surface area contributed by atoms with E-state index in [-0.39, 0.29) is 17.4 Å². The van der Waals surface area contributed by atoms with E-state index < -0.39 is 9.84 Å². The number of sulfone groups is 1. The highest BCUT2D eigenvalue weighted by Crippen LogP contribution is 2.28. The first-order valence-electron chi connectivity index (χ1n) is 5.46. The van der Waals surface area contributed by atoms with E-state index >= 15 is 0 Å². The van der Waals surface area contributed by atoms with Gasteiger partial charge in [0.05, 0.1) is 17.4 Å². The van der Waals surface area contributed by atoms with Gasteiger partial charge in [-0.2, -0.15) is 10.1 Å². The molecule has 2 aromatic heterocycles. The van der Waals surface area contributed by atoms with E-state index in [0.29, 0.717) is 23.8 Å². The standard InChI is InChI=1S/C10H10N4O3S/c15-18(16)5-3-7(6-18)10-12-9(14-17-10)8-2-1-4-11-13-8/h1-2,4,7H,3,5-6H2/t7-/m0/s1. The Morgan fingerprint density at radius 3 is 2.94 bits per heavy atom. The molecule has 1 fully saturated rings. The number of rotatable bonds is 2. The average Bonchev–Trinajstić information content (AvgIpc) is 2.96. The third kappa shape index (κ3) is 2.10. The number of hydrogen-bond donors (Lipinski definition) is 0. The maximum absolute atomic E-state index is 11.4. The molecule has 0 bridgehead atoms. The van der Waals surface area contributed by atoms with E-state index in [9.17, 15) is 8.42 Å². The summed E-state index contributed by atoms with van der Waals surface area (Å²) in [5, 5.41) is 11.4. The summed E-state index contributed by atoms with van der Waals surface area (Å²) < 4.78 is 27.9. The predicted molar refractivity (Wildman–Crippen MR) is 61.3 cm³/mol. The zero-order valence-corrected chi connectivity index (χ0v) is 10.2. The second-order valence-corrected chi connectivity index (χ2v) is 6.39. The third-order valence-corrected chi connectivity index (χ3v) is 4.59. The predicted octanol–water partition coefficient (Wildman–Crippen LogP) is 0.429. The van der Waals surface area contributed by atoms with Crippen molar-refractivity contribution in [2.75, 3.05) is 11.5 Å². The van der Waals surface area contributed by atoms with Crippen molar-refractivity contribution in [1.82, 2.24) is 20.3 Å². The molecule has 0 unspecified atom stereocenters. The first-order chi connectivity index (χ1) is 8.64. The van der Waals surface area contributed by atoms with Gasteiger partial charge in [0.1, 0.15) is 5.69 Å². The zero-order valence-electron chi connectivity index (χ0n) is 9.35. The summed E-state index contributed by atoms with van der Waals surface area (Å²) in [5.41, 5.74) is 0.508. The smallest absolute Gasteiger partial charge is 0.231 e. The summed E-state index contributed by atoms with van der Waals surface area (Å²) in [6, 6.07) is 3.44. The molecule has 1 saturated heterocycles. The molecule has 0 aromatic carbocycles. The lowest BCUT2D eigenvalue weighted by atomic mass is 10.1. The van der Waals surface area contributed by atoms with Gasteiger partial charge in [-0.15, -0.1) is 5.10 Å². The van der Waals surface area contributed by atoms with Crippen molar-refractivity contribution >= 4 is 9.84 Å². The number of aromatic nitrogens is 4. The Hall–Kier alpha value is -1.83. The lowest BCUT2D eigenvalue weighted by molar-refractivity contribution is 0.361. The SMILES string of the molecule is O=S1(=O)CC[C@H](c2nc(-c3cccnn3)no2)C1. The molecular formula is C10H10N4O3S. The molecule has 1 aliphatic rings. The summed E-state index contributed by atoms with van der Waals surface area (Å²) in [6.45, 7) is 0. The van der Waals surface area contributed by atoms with Crippen molar-refractivity contribution in [2.45, 2.75) is 12.3 Å². The molecule has 7 nitrogen and oxygen atoms in total. The van der Waals surface area contributed by atoms with Gasteiger partial charge in [0.15, 0.2) is 9.84 Å². The molecule has 0 N–H and O–H groups in total. The van der Waals surface area contributed by atoms with Crippen LogP contribution in [0.25, 0.3) is 11.5 Å². The van der Waals surface area contributed by atoms with Crippen LogP contribution in [0.5, 0.6) is 0 Å². The monoisotopic (exact) mass is 266 g/mol. The Morgan fingerprint density at radius 1 is 1.39 bits per heavy atom. The van der Waals surface area contributed by atoms with Crippen LogP contribution >= 0.6 is 0 Å². The van der Waals surface area contributed by atoms with Crippen LogP contribution < -0.4 is 0 Å². The molecule has 18 heavy (non-hydrogen) atoms. The lowest BCUT2D eigenvalue weighted by Gasteiger charge is -1.97. The zero-order chi connectivity index (χ0) is 12.6. The maximum Gasteiger partial charge on any atom is 0.231 e. The highest BCUT2D eigenvalue weighted by atomic mass is 32.2. The second-order valence-electron chi connectivity index (χ2n) is 4.17. The van der Waals surface area contributed by atoms with Crippen molar-refractivity contribution in [3.63, 3.8) is 0 Å². The van der Waals surface area contributed by atoms with Gasteiger partial charge >= 0.3 is 0 Å². The van der Waals surface area contributed by atoms with Crippen LogP contribution in [-0.4, -0.2) is 40.3 Å². The molecular weight excluding hydrogens is 256 g/mol. The molecule has 1 atom stereocenters. The van der Waals surface area contributed by atoms with E-state index in [2.05, 4.69) is 20.3 Å². The van der Waals surface area contributed by atoms with E-state index in [1.807, 2.05) is 0 Å². The molecule has 1 aliphatic heterocycles. The highest BCUT2D eigenvalue weighted by molar-refractivity contribution is 7.91. The van der Waals surface area contributed by atoms with E-state index in [1.54, 1.807) is 18.3 Å². The van der Waals surface area contributed by atoms with Crippen LogP contribution in [0, 0.1) is 0 Å². The minimum absolute atomic E-state index is 0.0785. The minimum atomic E-state index is -2.95. The summed E-state index contributed by atoms with van der Waals surface area (Å²) >= 11 is 0. The third-order valence-electron chi connectivity index (χ3n) is 2.82. The summed E-state index contributed by atoms with van der Waals surface area (Å²) in [4.78, 5) is 4.18. The fourth-order valence-electron chi connectivity index (χ4n) is 1.92. The van der Waals surface area contributed by atoms with Crippen molar-refractivity contribution in [3.8, 4) is 11.5 Å². The fraction of sp³-hybridized carbons (Fsp3) is 0.400. The largest absolute Gasteiger partial charge is 0.339 e. The van der Waals surface area contributed by atoms with Crippen molar-refractivity contribution in [1.29, 1.82) is 0 Å². The van der Waals surface area contributed by atoms with Crippen LogP contribution in [0.15, 0.2) is 22.9 Å². The van der Waals surface area contributed by atoms with Crippen molar-refractivity contribution < 1.29 is 12.9 Å². The summed E-state index contributed by atoms with van der Waals surface area (Å²) in [6.07, 6.45) is 2.08. The normalized spacial score (nSPS) is 22.1. The van der Waals surface area contributed by atoms with Crippen LogP contribution in [-0.2, 0) is 9.84 Å². The Balaban J connectivity index is 1.87. The molecule has 8 heteroatoms. The molecule has 3 heterocycles. The summed E-state index contributed by atoms with van der Waals surface area (Å²) in [7, 11) is -2.95. The highest BCUT2D eigenvalue weighted by Gasteiger charge is 2.33. The molecule has 0 saturated carbocycles. The van der Waals surface area contributed by atoms with Crippen LogP contribution in [0.2, 0.25) is 0 Å². The van der Waals surface area contributed by atoms with Crippen molar-refractivity contribution in [2.24, 2.45) is 0 Å². The van der Waals surface area contributed by atoms with Crippen LogP contribution in [0.1, 0.15) is 18.2 Å². The van der Waals surface area contributed by atoms with E-state index in [1.165, 1.54) is 0 Å². The topological polar surface area (TPSA) is 98.8 Å². The van der Waals surface area contributed by atoms with Gasteiger partial charge in [-0.3, -0.25) is 0 Å². The van der Waals surface area contributed by atoms with Gasteiger partial charge in [0.2, 0.25) is 11.7 Å². The molecule has 3 rings (SSSR count). The van der Waals surface area contributed by atoms with Crippen molar-refractivity contribution in [3.05, 3.63) is 24.2 Å². The van der Waals surface area contributed by atoms with E-state index in [4.69, 9.17) is 4.52 Å². The minimum Gasteiger partial charge on any atom is -0.339 e. The quantitative estimate of drug-likeness (QED) is 0.777. The Bertz CT molecular complexity index is 653. The summed E-state index contributed by atoms with van der Waals surface area (Å²) in [5.74, 6) is 0.752. The Labute approximate surface area is 103 Å². The molecule has 0 amide bonds. The molecule has 0 aliphatic carbocycles. The Morgan fingerprint density at radius 2 is 2.28 bits per heavy atom. The van der Waals surface area contributed by atoms with Gasteiger partial charge in [0, 0.05) is 6.20 Å². The van der Waals surface area contributed by atoms with Gasteiger partial charge in [-0.1, -0.05) is 5.16 Å². The molecule has 2 aromatic rings.